The molecule has 1 N–H and O–H groups in total. The number of nitrogens with zero attached hydrogens (tertiary/aromatic N) is 2. The van der Waals surface area contributed by atoms with Crippen molar-refractivity contribution in [1.82, 2.24) is 10.1 Å². The maximum absolute atomic E-state index is 12.0. The Balaban J connectivity index is -0.000000282. The molecule has 62 heavy (non-hydrogen) atoms. The van der Waals surface area contributed by atoms with Crippen molar-refractivity contribution in [2.24, 2.45) is 0 Å². The van der Waals surface area contributed by atoms with Crippen molar-refractivity contribution in [1.29, 1.82) is 0 Å². The number of unbranched alkanes of at least 4 members (excludes halogenated alkanes) is 14. The van der Waals surface area contributed by atoms with Gasteiger partial charge in [-0.2, -0.15) is 43.2 Å². The molecule has 377 valence electrons. The molecule has 2 saturated heterocycles. The van der Waals surface area contributed by atoms with Crippen molar-refractivity contribution in [3.8, 4) is 0 Å². The number of amides is 4. The Morgan fingerprint density at radius 2 is 0.823 bits per heavy atom. The van der Waals surface area contributed by atoms with Gasteiger partial charge in [0, 0.05) is 60.9 Å². The van der Waals surface area contributed by atoms with E-state index >= 15 is 0 Å². The van der Waals surface area contributed by atoms with E-state index in [9.17, 15) is 63.5 Å². The van der Waals surface area contributed by atoms with Crippen LogP contribution in [0, 0.1) is 0 Å². The Morgan fingerprint density at radius 3 is 1.08 bits per heavy atom. The Hall–Kier alpha value is -0.439. The second-order valence-electron chi connectivity index (χ2n) is 12.6. The van der Waals surface area contributed by atoms with E-state index in [0.29, 0.717) is 23.0 Å². The summed E-state index contributed by atoms with van der Waals surface area (Å²) >= 11 is 7.28. The molecule has 0 spiro atoms. The zero-order valence-corrected chi connectivity index (χ0v) is 41.0. The summed E-state index contributed by atoms with van der Waals surface area (Å²) in [5.74, 6) is -2.97. The van der Waals surface area contributed by atoms with Crippen LogP contribution < -0.4 is 0 Å². The Morgan fingerprint density at radius 1 is 0.565 bits per heavy atom. The van der Waals surface area contributed by atoms with Crippen molar-refractivity contribution in [2.75, 3.05) is 11.0 Å². The van der Waals surface area contributed by atoms with E-state index < -0.39 is 73.4 Å². The summed E-state index contributed by atoms with van der Waals surface area (Å²) in [5, 5.41) is 1.14. The average molecular weight is 1370 g/mol. The number of imide groups is 2. The third kappa shape index (κ3) is 34.0. The van der Waals surface area contributed by atoms with E-state index in [-0.39, 0.29) is 82.2 Å². The van der Waals surface area contributed by atoms with E-state index in [1.165, 1.54) is 36.5 Å². The van der Waals surface area contributed by atoms with Crippen molar-refractivity contribution in [3.63, 3.8) is 0 Å². The van der Waals surface area contributed by atoms with Crippen LogP contribution in [0.1, 0.15) is 156 Å². The zero-order chi connectivity index (χ0) is 45.7. The van der Waals surface area contributed by atoms with Crippen molar-refractivity contribution < 1.29 is 130 Å². The summed E-state index contributed by atoms with van der Waals surface area (Å²) < 4.78 is 120. The summed E-state index contributed by atoms with van der Waals surface area (Å²) in [6, 6.07) is 0. The normalized spacial score (nSPS) is 13.9. The summed E-state index contributed by atoms with van der Waals surface area (Å²) in [5.41, 5.74) is -10.9. The van der Waals surface area contributed by atoms with Gasteiger partial charge in [0.2, 0.25) is 0 Å². The molecule has 0 aromatic rings. The van der Waals surface area contributed by atoms with Gasteiger partial charge >= 0.3 is 79.5 Å². The minimum absolute atomic E-state index is 0. The van der Waals surface area contributed by atoms with Crippen LogP contribution in [0.25, 0.3) is 0 Å². The third-order valence-electron chi connectivity index (χ3n) is 7.75. The number of hydrogen-bond acceptors (Lipinski definition) is 13. The Kier molecular flexibility index (Phi) is 44.0. The molecule has 2 aliphatic heterocycles. The quantitative estimate of drug-likeness (QED) is 0.0110. The van der Waals surface area contributed by atoms with Gasteiger partial charge in [0.1, 0.15) is 0 Å². The van der Waals surface area contributed by atoms with Crippen LogP contribution >= 0.6 is 41.6 Å². The molecule has 16 nitrogen and oxygen atoms in total. The fraction of sp³-hybridized carbons (Fsp3) is 0.824. The second kappa shape index (κ2) is 38.6. The monoisotopic (exact) mass is 1360 g/mol. The van der Waals surface area contributed by atoms with Gasteiger partial charge in [-0.1, -0.05) is 114 Å². The maximum atomic E-state index is 12.0. The molecular formula is C34H57Ag2F6I2N2O14S2. The molecule has 2 fully saturated rings. The van der Waals surface area contributed by atoms with Gasteiger partial charge in [-0.3, -0.25) is 27.9 Å². The number of alkyl halides is 7. The predicted octanol–water partition coefficient (Wildman–Crippen LogP) is 9.06. The predicted molar refractivity (Wildman–Crippen MR) is 222 cm³/mol. The van der Waals surface area contributed by atoms with Gasteiger partial charge in [-0.15, -0.1) is 10.1 Å². The van der Waals surface area contributed by atoms with E-state index in [1.807, 2.05) is 19.0 Å². The SMILES string of the molecule is C.C.O=C(CCCCCCCCCCI)ON1C(=O)CCC1=O.O=C(CCCCCCCCCCOS(=O)(=O)C(F)(F)F)ON1C(=O)CCC1=O.O=S(=O)(O)C(F)(F)F.[Ag].[Ag][I]. The molecule has 0 atom stereocenters. The van der Waals surface area contributed by atoms with E-state index in [4.69, 9.17) is 22.6 Å². The molecule has 4 amide bonds. The molecule has 0 unspecified atom stereocenters. The van der Waals surface area contributed by atoms with Gasteiger partial charge in [0.05, 0.1) is 6.61 Å². The van der Waals surface area contributed by atoms with Crippen LogP contribution in [-0.2, 0) is 102 Å². The fourth-order valence-electron chi connectivity index (χ4n) is 4.70. The van der Waals surface area contributed by atoms with Gasteiger partial charge in [-0.05, 0) is 30.1 Å². The summed E-state index contributed by atoms with van der Waals surface area (Å²) in [6.07, 6.45) is 15.3. The Labute approximate surface area is 412 Å². The van der Waals surface area contributed by atoms with Crippen LogP contribution in [0.15, 0.2) is 0 Å². The second-order valence-corrected chi connectivity index (χ2v) is 16.7. The van der Waals surface area contributed by atoms with Crippen molar-refractivity contribution in [2.45, 2.75) is 167 Å². The first kappa shape index (κ1) is 70.6. The molecule has 0 bridgehead atoms. The third-order valence-corrected chi connectivity index (χ3v) is 10.1. The molecule has 2 aliphatic rings. The minimum atomic E-state index is -5.84. The number of halogens is 8. The van der Waals surface area contributed by atoms with Gasteiger partial charge in [0.25, 0.3) is 23.6 Å². The molecule has 2 rings (SSSR count). The molecule has 0 saturated carbocycles. The van der Waals surface area contributed by atoms with Crippen molar-refractivity contribution in [3.05, 3.63) is 0 Å². The first-order valence-corrected chi connectivity index (χ1v) is 27.0. The number of hydrogen-bond donors (Lipinski definition) is 1. The number of hydroxylamine groups is 4. The standard InChI is InChI=1S/C16H24F3NO7S.C15H24INO4.CHF3O3S.2CH4.2Ag.HI/c17-16(18,19)28(24,25)26-12-8-6-4-2-1-3-5-7-9-15(23)27-20-13(21)10-11-14(20)22;16-12-8-6-4-2-1-3-5-7-9-15(20)21-17-13(18)10-11-14(17)19;2-1(3,4)8(5,6)7;;;;;/h1-12H2;1-12H2;(H,5,6,7);2*1H4;;;1H/q;;;;;;+1;/p-1. The van der Waals surface area contributed by atoms with E-state index in [2.05, 4.69) is 44.0 Å². The van der Waals surface area contributed by atoms with Crippen molar-refractivity contribution >= 4 is 97.4 Å². The molecular weight excluding hydrogens is 1310 g/mol. The van der Waals surface area contributed by atoms with Crippen LogP contribution in [-0.4, -0.2) is 89.1 Å². The number of rotatable bonds is 24. The average Bonchev–Trinajstić information content (AvgIpc) is 3.63. The van der Waals surface area contributed by atoms with Crippen LogP contribution in [0.3, 0.4) is 0 Å². The molecule has 0 aromatic heterocycles. The molecule has 1 radical (unpaired) electrons. The molecule has 28 heteroatoms. The van der Waals surface area contributed by atoms with Crippen LogP contribution in [0.2, 0.25) is 0 Å². The molecule has 2 heterocycles. The Bertz CT molecular complexity index is 1500. The molecule has 0 aliphatic carbocycles. The van der Waals surface area contributed by atoms with Crippen LogP contribution in [0.5, 0.6) is 0 Å². The van der Waals surface area contributed by atoms with Gasteiger partial charge in [0.15, 0.2) is 0 Å². The van der Waals surface area contributed by atoms with E-state index in [1.54, 1.807) is 0 Å². The number of carbonyl (C=O) groups excluding carboxylic acids is 6. The first-order valence-electron chi connectivity index (χ1n) is 18.2. The van der Waals surface area contributed by atoms with E-state index in [0.717, 1.165) is 51.4 Å². The topological polar surface area (TPSA) is 225 Å². The summed E-state index contributed by atoms with van der Waals surface area (Å²) in [6.45, 7) is -0.494. The van der Waals surface area contributed by atoms with Gasteiger partial charge in [-0.25, -0.2) is 9.59 Å². The summed E-state index contributed by atoms with van der Waals surface area (Å²) in [7, 11) is -11.3. The fourth-order valence-corrected chi connectivity index (χ4v) is 5.71. The molecule has 0 aromatic carbocycles. The zero-order valence-electron chi connectivity index (χ0n) is 32.1. The summed E-state index contributed by atoms with van der Waals surface area (Å²) in [4.78, 5) is 77.8. The van der Waals surface area contributed by atoms with Crippen LogP contribution in [0.4, 0.5) is 26.3 Å². The van der Waals surface area contributed by atoms with Gasteiger partial charge < -0.3 is 9.68 Å². The first-order chi connectivity index (χ1) is 27.4. The number of carbonyl (C=O) groups is 6.